The van der Waals surface area contributed by atoms with E-state index in [-0.39, 0.29) is 29.2 Å². The van der Waals surface area contributed by atoms with Crippen molar-refractivity contribution in [1.29, 1.82) is 0 Å². The first-order chi connectivity index (χ1) is 11.4. The number of non-ortho nitro benzene ring substituents is 1. The quantitative estimate of drug-likeness (QED) is 0.606. The van der Waals surface area contributed by atoms with Gasteiger partial charge in [0.1, 0.15) is 6.04 Å². The van der Waals surface area contributed by atoms with Gasteiger partial charge in [-0.1, -0.05) is 41.4 Å². The number of nitro groups is 1. The van der Waals surface area contributed by atoms with E-state index >= 15 is 0 Å². The molecule has 24 heavy (non-hydrogen) atoms. The summed E-state index contributed by atoms with van der Waals surface area (Å²) < 4.78 is 0. The largest absolute Gasteiger partial charge is 0.332 e. The number of carbonyl (C=O) groups is 1. The third-order valence-corrected chi connectivity index (χ3v) is 4.15. The van der Waals surface area contributed by atoms with E-state index in [4.69, 9.17) is 23.2 Å². The molecule has 0 heterocycles. The molecule has 0 radical (unpaired) electrons. The van der Waals surface area contributed by atoms with Crippen molar-refractivity contribution in [2.45, 2.75) is 13.0 Å². The molecule has 0 unspecified atom stereocenters. The summed E-state index contributed by atoms with van der Waals surface area (Å²) in [6.07, 6.45) is 0. The van der Waals surface area contributed by atoms with Crippen molar-refractivity contribution in [3.05, 3.63) is 68.2 Å². The van der Waals surface area contributed by atoms with Gasteiger partial charge in [0.25, 0.3) is 11.6 Å². The third-order valence-electron chi connectivity index (χ3n) is 3.49. The maximum atomic E-state index is 12.0. The summed E-state index contributed by atoms with van der Waals surface area (Å²) in [7, 11) is 0. The van der Waals surface area contributed by atoms with E-state index in [1.165, 1.54) is 18.2 Å². The predicted octanol–water partition coefficient (Wildman–Crippen LogP) is 3.16. The standard InChI is InChI=1S/C16H15Cl2N3O3/c1-10(12-4-2-3-5-13(12)17)19-9-16(22)20-15-7-6-11(21(23)24)8-14(15)18/h2-8,10,19H,9H2,1H3,(H,20,22)/p+1/t10-/m1/s1. The lowest BCUT2D eigenvalue weighted by molar-refractivity contribution is -0.682. The van der Waals surface area contributed by atoms with Gasteiger partial charge >= 0.3 is 0 Å². The number of quaternary nitrogens is 1. The minimum Gasteiger partial charge on any atom is -0.332 e. The SMILES string of the molecule is C[C@@H]([NH2+]CC(=O)Nc1ccc([N+](=O)[O-])cc1Cl)c1ccccc1Cl. The second-order valence-electron chi connectivity index (χ2n) is 5.22. The fourth-order valence-electron chi connectivity index (χ4n) is 2.18. The monoisotopic (exact) mass is 368 g/mol. The average Bonchev–Trinajstić information content (AvgIpc) is 2.54. The Morgan fingerprint density at radius 2 is 1.96 bits per heavy atom. The molecule has 0 aliphatic heterocycles. The number of halogens is 2. The van der Waals surface area contributed by atoms with Gasteiger partial charge in [-0.25, -0.2) is 0 Å². The molecule has 3 N–H and O–H groups in total. The molecule has 0 aromatic heterocycles. The van der Waals surface area contributed by atoms with Crippen LogP contribution in [0.3, 0.4) is 0 Å². The van der Waals surface area contributed by atoms with E-state index in [0.717, 1.165) is 5.56 Å². The summed E-state index contributed by atoms with van der Waals surface area (Å²) in [5.41, 5.74) is 1.16. The van der Waals surface area contributed by atoms with Crippen molar-refractivity contribution >= 4 is 40.5 Å². The highest BCUT2D eigenvalue weighted by molar-refractivity contribution is 6.34. The van der Waals surface area contributed by atoms with E-state index in [1.807, 2.05) is 30.4 Å². The first-order valence-electron chi connectivity index (χ1n) is 7.20. The van der Waals surface area contributed by atoms with Crippen molar-refractivity contribution in [1.82, 2.24) is 0 Å². The van der Waals surface area contributed by atoms with Gasteiger partial charge in [-0.05, 0) is 19.1 Å². The van der Waals surface area contributed by atoms with Crippen molar-refractivity contribution in [2.24, 2.45) is 0 Å². The lowest BCUT2D eigenvalue weighted by atomic mass is 10.1. The molecule has 1 amide bonds. The maximum Gasteiger partial charge on any atom is 0.279 e. The Hall–Kier alpha value is -2.15. The molecule has 0 aliphatic carbocycles. The Bertz CT molecular complexity index is 768. The van der Waals surface area contributed by atoms with Crippen molar-refractivity contribution < 1.29 is 15.0 Å². The molecule has 6 nitrogen and oxygen atoms in total. The van der Waals surface area contributed by atoms with Crippen LogP contribution in [0, 0.1) is 10.1 Å². The van der Waals surface area contributed by atoms with E-state index in [1.54, 1.807) is 6.07 Å². The number of carbonyl (C=O) groups excluding carboxylic acids is 1. The van der Waals surface area contributed by atoms with Crippen LogP contribution in [-0.2, 0) is 4.79 Å². The van der Waals surface area contributed by atoms with Crippen LogP contribution < -0.4 is 10.6 Å². The summed E-state index contributed by atoms with van der Waals surface area (Å²) in [6.45, 7) is 2.12. The molecule has 1 atom stereocenters. The van der Waals surface area contributed by atoms with Crippen LogP contribution in [0.1, 0.15) is 18.5 Å². The second-order valence-corrected chi connectivity index (χ2v) is 6.03. The topological polar surface area (TPSA) is 88.8 Å². The van der Waals surface area contributed by atoms with Crippen LogP contribution in [0.2, 0.25) is 10.0 Å². The first-order valence-corrected chi connectivity index (χ1v) is 7.95. The van der Waals surface area contributed by atoms with Gasteiger partial charge in [-0.15, -0.1) is 0 Å². The third kappa shape index (κ3) is 4.67. The number of nitrogens with one attached hydrogen (secondary N) is 1. The van der Waals surface area contributed by atoms with Crippen LogP contribution in [-0.4, -0.2) is 17.4 Å². The highest BCUT2D eigenvalue weighted by atomic mass is 35.5. The molecule has 2 aromatic rings. The Balaban J connectivity index is 1.94. The smallest absolute Gasteiger partial charge is 0.279 e. The molecule has 0 bridgehead atoms. The average molecular weight is 369 g/mol. The zero-order valence-electron chi connectivity index (χ0n) is 12.8. The zero-order chi connectivity index (χ0) is 17.7. The number of anilines is 1. The first kappa shape index (κ1) is 18.2. The van der Waals surface area contributed by atoms with E-state index in [0.29, 0.717) is 10.7 Å². The molecular weight excluding hydrogens is 353 g/mol. The van der Waals surface area contributed by atoms with Gasteiger partial charge in [-0.3, -0.25) is 14.9 Å². The lowest BCUT2D eigenvalue weighted by Crippen LogP contribution is -2.86. The summed E-state index contributed by atoms with van der Waals surface area (Å²) in [4.78, 5) is 22.2. The van der Waals surface area contributed by atoms with Crippen molar-refractivity contribution in [3.8, 4) is 0 Å². The fraction of sp³-hybridized carbons (Fsp3) is 0.188. The molecule has 0 saturated heterocycles. The molecule has 2 rings (SSSR count). The Labute approximate surface area is 148 Å². The van der Waals surface area contributed by atoms with Crippen LogP contribution >= 0.6 is 23.2 Å². The van der Waals surface area contributed by atoms with Gasteiger partial charge < -0.3 is 10.6 Å². The molecule has 8 heteroatoms. The van der Waals surface area contributed by atoms with E-state index in [9.17, 15) is 14.9 Å². The number of hydrogen-bond donors (Lipinski definition) is 2. The fourth-order valence-corrected chi connectivity index (χ4v) is 2.71. The maximum absolute atomic E-state index is 12.0. The molecule has 2 aromatic carbocycles. The minimum atomic E-state index is -0.545. The summed E-state index contributed by atoms with van der Waals surface area (Å²) >= 11 is 12.1. The number of nitrogens with zero attached hydrogens (tertiary/aromatic N) is 1. The molecule has 0 aliphatic rings. The van der Waals surface area contributed by atoms with Crippen LogP contribution in [0.4, 0.5) is 11.4 Å². The predicted molar refractivity (Wildman–Crippen MR) is 93.4 cm³/mol. The van der Waals surface area contributed by atoms with Gasteiger partial charge in [0.05, 0.1) is 15.6 Å². The molecule has 0 fully saturated rings. The minimum absolute atomic E-state index is 0.0109. The normalized spacial score (nSPS) is 11.8. The zero-order valence-corrected chi connectivity index (χ0v) is 14.3. The van der Waals surface area contributed by atoms with Gasteiger partial charge in [-0.2, -0.15) is 0 Å². The molecule has 0 spiro atoms. The van der Waals surface area contributed by atoms with E-state index < -0.39 is 4.92 Å². The number of benzene rings is 2. The summed E-state index contributed by atoms with van der Waals surface area (Å²) in [5.74, 6) is -0.260. The van der Waals surface area contributed by atoms with Crippen LogP contribution in [0.15, 0.2) is 42.5 Å². The number of hydrogen-bond acceptors (Lipinski definition) is 3. The number of nitro benzene ring substituents is 1. The lowest BCUT2D eigenvalue weighted by Gasteiger charge is -2.13. The van der Waals surface area contributed by atoms with Gasteiger partial charge in [0, 0.05) is 22.7 Å². The van der Waals surface area contributed by atoms with Crippen molar-refractivity contribution in [3.63, 3.8) is 0 Å². The summed E-state index contributed by atoms with van der Waals surface area (Å²) in [5, 5.41) is 15.9. The van der Waals surface area contributed by atoms with E-state index in [2.05, 4.69) is 5.32 Å². The molecule has 126 valence electrons. The highest BCUT2D eigenvalue weighted by Crippen LogP contribution is 2.26. The Kier molecular flexibility index (Phi) is 6.14. The van der Waals surface area contributed by atoms with Crippen LogP contribution in [0.5, 0.6) is 0 Å². The molecular formula is C16H16Cl2N3O3+. The van der Waals surface area contributed by atoms with Gasteiger partial charge in [0.2, 0.25) is 0 Å². The Morgan fingerprint density at radius 3 is 2.58 bits per heavy atom. The second kappa shape index (κ2) is 8.10. The highest BCUT2D eigenvalue weighted by Gasteiger charge is 2.16. The van der Waals surface area contributed by atoms with Crippen LogP contribution in [0.25, 0.3) is 0 Å². The number of nitrogens with two attached hydrogens (primary N) is 1. The number of rotatable bonds is 6. The van der Waals surface area contributed by atoms with Gasteiger partial charge in [0.15, 0.2) is 6.54 Å². The number of amides is 1. The van der Waals surface area contributed by atoms with Crippen molar-refractivity contribution in [2.75, 3.05) is 11.9 Å². The summed E-state index contributed by atoms with van der Waals surface area (Å²) in [6, 6.07) is 11.4. The Morgan fingerprint density at radius 1 is 1.25 bits per heavy atom. The molecule has 0 saturated carbocycles.